The molecule has 1 saturated carbocycles. The highest BCUT2D eigenvalue weighted by Crippen LogP contribution is 2.26. The number of aryl methyl sites for hydroxylation is 2. The minimum atomic E-state index is -0.260. The van der Waals surface area contributed by atoms with E-state index in [4.69, 9.17) is 4.74 Å². The lowest BCUT2D eigenvalue weighted by Crippen LogP contribution is -2.15. The quantitative estimate of drug-likeness (QED) is 0.874. The third-order valence-corrected chi connectivity index (χ3v) is 3.53. The molecule has 1 fully saturated rings. The van der Waals surface area contributed by atoms with Gasteiger partial charge < -0.3 is 10.1 Å². The van der Waals surface area contributed by atoms with Gasteiger partial charge in [0.15, 0.2) is 0 Å². The van der Waals surface area contributed by atoms with Crippen LogP contribution in [-0.4, -0.2) is 6.04 Å². The van der Waals surface area contributed by atoms with Crippen molar-refractivity contribution in [3.63, 3.8) is 0 Å². The van der Waals surface area contributed by atoms with Gasteiger partial charge in [-0.05, 0) is 67.6 Å². The highest BCUT2D eigenvalue weighted by molar-refractivity contribution is 5.38. The molecule has 1 aliphatic carbocycles. The molecule has 0 heterocycles. The monoisotopic (exact) mass is 285 g/mol. The first-order chi connectivity index (χ1) is 10.1. The molecule has 0 spiro atoms. The normalized spacial score (nSPS) is 14.2. The molecule has 3 heteroatoms. The number of hydrogen-bond acceptors (Lipinski definition) is 2. The van der Waals surface area contributed by atoms with E-state index in [2.05, 4.69) is 11.4 Å². The van der Waals surface area contributed by atoms with Crippen LogP contribution in [0.2, 0.25) is 0 Å². The van der Waals surface area contributed by atoms with E-state index >= 15 is 0 Å². The van der Waals surface area contributed by atoms with Crippen molar-refractivity contribution >= 4 is 0 Å². The smallest absolute Gasteiger partial charge is 0.130 e. The maximum Gasteiger partial charge on any atom is 0.130 e. The molecule has 0 saturated heterocycles. The van der Waals surface area contributed by atoms with Crippen LogP contribution in [0.4, 0.5) is 4.39 Å². The zero-order valence-electron chi connectivity index (χ0n) is 12.4. The van der Waals surface area contributed by atoms with Gasteiger partial charge in [0.1, 0.15) is 17.3 Å². The Bertz CT molecular complexity index is 629. The Hall–Kier alpha value is -1.87. The van der Waals surface area contributed by atoms with E-state index in [9.17, 15) is 4.39 Å². The van der Waals surface area contributed by atoms with Crippen molar-refractivity contribution in [2.75, 3.05) is 0 Å². The van der Waals surface area contributed by atoms with Crippen LogP contribution in [0.15, 0.2) is 36.4 Å². The lowest BCUT2D eigenvalue weighted by molar-refractivity contribution is 0.474. The number of benzene rings is 2. The van der Waals surface area contributed by atoms with Gasteiger partial charge in [0, 0.05) is 18.7 Å². The predicted molar refractivity (Wildman–Crippen MR) is 82.3 cm³/mol. The van der Waals surface area contributed by atoms with E-state index < -0.39 is 0 Å². The average Bonchev–Trinajstić information content (AvgIpc) is 3.18. The fourth-order valence-electron chi connectivity index (χ4n) is 2.46. The molecule has 110 valence electrons. The largest absolute Gasteiger partial charge is 0.457 e. The van der Waals surface area contributed by atoms with Crippen molar-refractivity contribution in [2.24, 2.45) is 0 Å². The third-order valence-electron chi connectivity index (χ3n) is 3.53. The summed E-state index contributed by atoms with van der Waals surface area (Å²) >= 11 is 0. The minimum absolute atomic E-state index is 0.260. The Labute approximate surface area is 125 Å². The maximum atomic E-state index is 13.7. The molecule has 0 aliphatic heterocycles. The number of hydrogen-bond donors (Lipinski definition) is 1. The number of nitrogens with one attached hydrogen (secondary N) is 1. The third kappa shape index (κ3) is 4.05. The summed E-state index contributed by atoms with van der Waals surface area (Å²) in [5.41, 5.74) is 3.19. The van der Waals surface area contributed by atoms with E-state index in [0.717, 1.165) is 22.4 Å². The second-order valence-electron chi connectivity index (χ2n) is 5.88. The molecule has 1 aliphatic rings. The minimum Gasteiger partial charge on any atom is -0.457 e. The fourth-order valence-corrected chi connectivity index (χ4v) is 2.46. The van der Waals surface area contributed by atoms with Gasteiger partial charge in [0.25, 0.3) is 0 Å². The first-order valence-corrected chi connectivity index (χ1v) is 7.37. The van der Waals surface area contributed by atoms with E-state index in [-0.39, 0.29) is 5.82 Å². The molecule has 3 rings (SSSR count). The number of ether oxygens (including phenoxy) is 1. The van der Waals surface area contributed by atoms with Gasteiger partial charge in [-0.2, -0.15) is 0 Å². The van der Waals surface area contributed by atoms with Crippen LogP contribution < -0.4 is 10.1 Å². The summed E-state index contributed by atoms with van der Waals surface area (Å²) in [6.07, 6.45) is 2.45. The van der Waals surface area contributed by atoms with Crippen molar-refractivity contribution in [1.29, 1.82) is 0 Å². The molecular weight excluding hydrogens is 265 g/mol. The molecule has 0 atom stereocenters. The van der Waals surface area contributed by atoms with Crippen molar-refractivity contribution in [3.05, 3.63) is 58.9 Å². The molecular formula is C18H20FNO. The van der Waals surface area contributed by atoms with E-state index in [0.29, 0.717) is 18.3 Å². The Morgan fingerprint density at radius 3 is 2.33 bits per heavy atom. The Kier molecular flexibility index (Phi) is 3.93. The zero-order valence-corrected chi connectivity index (χ0v) is 12.4. The summed E-state index contributed by atoms with van der Waals surface area (Å²) in [4.78, 5) is 0. The summed E-state index contributed by atoms with van der Waals surface area (Å²) in [6.45, 7) is 4.73. The van der Waals surface area contributed by atoms with Gasteiger partial charge in [-0.1, -0.05) is 6.07 Å². The fraction of sp³-hybridized carbons (Fsp3) is 0.333. The first kappa shape index (κ1) is 14.1. The first-order valence-electron chi connectivity index (χ1n) is 7.37. The van der Waals surface area contributed by atoms with Crippen LogP contribution in [0.25, 0.3) is 0 Å². The van der Waals surface area contributed by atoms with Crippen molar-refractivity contribution in [1.82, 2.24) is 5.32 Å². The zero-order chi connectivity index (χ0) is 14.8. The van der Waals surface area contributed by atoms with Crippen LogP contribution in [0.3, 0.4) is 0 Å². The van der Waals surface area contributed by atoms with E-state index in [1.54, 1.807) is 6.07 Å². The van der Waals surface area contributed by atoms with Crippen LogP contribution >= 0.6 is 0 Å². The molecule has 2 aromatic carbocycles. The molecule has 0 unspecified atom stereocenters. The van der Waals surface area contributed by atoms with Gasteiger partial charge in [-0.3, -0.25) is 0 Å². The maximum absolute atomic E-state index is 13.7. The van der Waals surface area contributed by atoms with Gasteiger partial charge in [0.05, 0.1) is 0 Å². The summed E-state index contributed by atoms with van der Waals surface area (Å²) in [5, 5.41) is 3.39. The molecule has 21 heavy (non-hydrogen) atoms. The van der Waals surface area contributed by atoms with Gasteiger partial charge >= 0.3 is 0 Å². The van der Waals surface area contributed by atoms with Crippen molar-refractivity contribution in [3.8, 4) is 11.5 Å². The van der Waals surface area contributed by atoms with Crippen molar-refractivity contribution < 1.29 is 9.13 Å². The number of halogens is 1. The van der Waals surface area contributed by atoms with Gasteiger partial charge in [-0.25, -0.2) is 4.39 Å². The van der Waals surface area contributed by atoms with Gasteiger partial charge in [-0.15, -0.1) is 0 Å². The molecule has 0 bridgehead atoms. The Morgan fingerprint density at radius 2 is 1.67 bits per heavy atom. The second kappa shape index (κ2) is 5.86. The molecule has 1 N–H and O–H groups in total. The predicted octanol–water partition coefficient (Wildman–Crippen LogP) is 4.49. The Balaban J connectivity index is 1.76. The topological polar surface area (TPSA) is 21.3 Å². The SMILES string of the molecule is Cc1cc(C)cc(Oc2cc(F)cc(CNC3CC3)c2)c1. The molecule has 2 nitrogen and oxygen atoms in total. The average molecular weight is 285 g/mol. The highest BCUT2D eigenvalue weighted by atomic mass is 19.1. The standard InChI is InChI=1S/C18H20FNO/c1-12-5-13(2)7-17(6-12)21-18-9-14(8-15(19)10-18)11-20-16-3-4-16/h5-10,16,20H,3-4,11H2,1-2H3. The summed E-state index contributed by atoms with van der Waals surface area (Å²) in [5.74, 6) is 1.04. The summed E-state index contributed by atoms with van der Waals surface area (Å²) < 4.78 is 19.5. The summed E-state index contributed by atoms with van der Waals surface area (Å²) in [7, 11) is 0. The van der Waals surface area contributed by atoms with Crippen LogP contribution in [0.1, 0.15) is 29.5 Å². The van der Waals surface area contributed by atoms with Crippen molar-refractivity contribution in [2.45, 2.75) is 39.3 Å². The summed E-state index contributed by atoms with van der Waals surface area (Å²) in [6, 6.07) is 11.5. The van der Waals surface area contributed by atoms with Gasteiger partial charge in [0.2, 0.25) is 0 Å². The molecule has 0 aromatic heterocycles. The van der Waals surface area contributed by atoms with Crippen LogP contribution in [-0.2, 0) is 6.54 Å². The highest BCUT2D eigenvalue weighted by Gasteiger charge is 2.20. The van der Waals surface area contributed by atoms with Crippen LogP contribution in [0, 0.1) is 19.7 Å². The van der Waals surface area contributed by atoms with E-state index in [1.165, 1.54) is 18.9 Å². The van der Waals surface area contributed by atoms with Crippen LogP contribution in [0.5, 0.6) is 11.5 Å². The lowest BCUT2D eigenvalue weighted by atomic mass is 10.1. The Morgan fingerprint density at radius 1 is 1.00 bits per heavy atom. The molecule has 0 radical (unpaired) electrons. The second-order valence-corrected chi connectivity index (χ2v) is 5.88. The molecule has 0 amide bonds. The molecule has 2 aromatic rings. The number of rotatable bonds is 5. The van der Waals surface area contributed by atoms with E-state index in [1.807, 2.05) is 32.0 Å². The lowest BCUT2D eigenvalue weighted by Gasteiger charge is -2.10.